The largest absolute Gasteiger partial charge is 0.342 e. The molecule has 0 saturated heterocycles. The summed E-state index contributed by atoms with van der Waals surface area (Å²) in [6.45, 7) is 4.28. The molecular formula is C10H15NO. The second-order valence-corrected chi connectivity index (χ2v) is 2.93. The number of nitrogens with zero attached hydrogens (tertiary/aromatic N) is 1. The molecule has 0 spiro atoms. The summed E-state index contributed by atoms with van der Waals surface area (Å²) >= 11 is 0. The summed E-state index contributed by atoms with van der Waals surface area (Å²) in [5.41, 5.74) is 0.781. The summed E-state index contributed by atoms with van der Waals surface area (Å²) in [4.78, 5) is 10.6. The highest BCUT2D eigenvalue weighted by atomic mass is 16.1. The smallest absolute Gasteiger partial charge is 0.166 e. The normalized spacial score (nSPS) is 10.6. The first-order valence-corrected chi connectivity index (χ1v) is 4.45. The van der Waals surface area contributed by atoms with Crippen LogP contribution in [0.4, 0.5) is 0 Å². The Morgan fingerprint density at radius 1 is 1.50 bits per heavy atom. The molecule has 0 aliphatic heterocycles. The van der Waals surface area contributed by atoms with E-state index in [1.165, 1.54) is 0 Å². The second kappa shape index (κ2) is 4.10. The van der Waals surface area contributed by atoms with Crippen LogP contribution < -0.4 is 0 Å². The van der Waals surface area contributed by atoms with Crippen molar-refractivity contribution in [3.8, 4) is 0 Å². The van der Waals surface area contributed by atoms with Gasteiger partial charge < -0.3 is 4.57 Å². The molecule has 0 radical (unpaired) electrons. The van der Waals surface area contributed by atoms with Gasteiger partial charge in [0.05, 0.1) is 5.69 Å². The van der Waals surface area contributed by atoms with Crippen LogP contribution in [0.3, 0.4) is 0 Å². The molecule has 0 unspecified atom stereocenters. The fourth-order valence-corrected chi connectivity index (χ4v) is 1.52. The molecule has 2 heteroatoms. The molecular weight excluding hydrogens is 150 g/mol. The minimum absolute atomic E-state index is 0.472. The predicted molar refractivity (Wildman–Crippen MR) is 49.4 cm³/mol. The molecule has 0 aliphatic carbocycles. The molecule has 0 saturated carbocycles. The quantitative estimate of drug-likeness (QED) is 0.629. The van der Waals surface area contributed by atoms with Crippen LogP contribution in [-0.4, -0.2) is 10.9 Å². The first-order chi connectivity index (χ1) is 5.83. The van der Waals surface area contributed by atoms with Crippen molar-refractivity contribution >= 4 is 6.29 Å². The maximum absolute atomic E-state index is 10.6. The van der Waals surface area contributed by atoms with Gasteiger partial charge in [0.25, 0.3) is 0 Å². The lowest BCUT2D eigenvalue weighted by Crippen LogP contribution is -2.08. The minimum Gasteiger partial charge on any atom is -0.342 e. The predicted octanol–water partition coefficient (Wildman–Crippen LogP) is 2.66. The third kappa shape index (κ3) is 1.58. The molecule has 66 valence electrons. The summed E-state index contributed by atoms with van der Waals surface area (Å²) in [5, 5.41) is 0. The third-order valence-electron chi connectivity index (χ3n) is 2.27. The summed E-state index contributed by atoms with van der Waals surface area (Å²) in [6.07, 6.45) is 5.04. The molecule has 0 fully saturated rings. The molecule has 12 heavy (non-hydrogen) atoms. The van der Waals surface area contributed by atoms with Crippen molar-refractivity contribution < 1.29 is 4.79 Å². The molecule has 1 rings (SSSR count). The highest BCUT2D eigenvalue weighted by molar-refractivity contribution is 5.72. The maximum atomic E-state index is 10.6. The van der Waals surface area contributed by atoms with Gasteiger partial charge in [0.1, 0.15) is 0 Å². The molecule has 2 nitrogen and oxygen atoms in total. The van der Waals surface area contributed by atoms with Crippen molar-refractivity contribution in [2.45, 2.75) is 32.7 Å². The van der Waals surface area contributed by atoms with E-state index in [-0.39, 0.29) is 0 Å². The molecule has 0 bridgehead atoms. The fraction of sp³-hybridized carbons (Fsp3) is 0.500. The van der Waals surface area contributed by atoms with E-state index in [0.29, 0.717) is 6.04 Å². The zero-order chi connectivity index (χ0) is 8.97. The standard InChI is InChI=1S/C10H15NO/c1-3-9(4-2)11-7-5-6-10(11)8-12/h5-9H,3-4H2,1-2H3. The molecule has 1 aromatic rings. The Bertz CT molecular complexity index is 248. The molecule has 0 N–H and O–H groups in total. The zero-order valence-corrected chi connectivity index (χ0v) is 7.66. The van der Waals surface area contributed by atoms with Crippen LogP contribution in [0.25, 0.3) is 0 Å². The van der Waals surface area contributed by atoms with Gasteiger partial charge in [0, 0.05) is 12.2 Å². The highest BCUT2D eigenvalue weighted by Crippen LogP contribution is 2.17. The first kappa shape index (κ1) is 9.04. The van der Waals surface area contributed by atoms with E-state index in [2.05, 4.69) is 13.8 Å². The summed E-state index contributed by atoms with van der Waals surface area (Å²) < 4.78 is 2.05. The Kier molecular flexibility index (Phi) is 3.09. The minimum atomic E-state index is 0.472. The van der Waals surface area contributed by atoms with Crippen molar-refractivity contribution in [2.24, 2.45) is 0 Å². The van der Waals surface area contributed by atoms with E-state index in [4.69, 9.17) is 0 Å². The Morgan fingerprint density at radius 2 is 2.17 bits per heavy atom. The van der Waals surface area contributed by atoms with E-state index >= 15 is 0 Å². The van der Waals surface area contributed by atoms with Crippen LogP contribution in [0.2, 0.25) is 0 Å². The number of carbonyl (C=O) groups is 1. The van der Waals surface area contributed by atoms with E-state index in [1.54, 1.807) is 0 Å². The summed E-state index contributed by atoms with van der Waals surface area (Å²) in [6, 6.07) is 4.24. The Morgan fingerprint density at radius 3 is 2.67 bits per heavy atom. The van der Waals surface area contributed by atoms with Gasteiger partial charge in [-0.2, -0.15) is 0 Å². The number of hydrogen-bond donors (Lipinski definition) is 0. The van der Waals surface area contributed by atoms with Crippen LogP contribution >= 0.6 is 0 Å². The van der Waals surface area contributed by atoms with Crippen molar-refractivity contribution in [2.75, 3.05) is 0 Å². The van der Waals surface area contributed by atoms with Gasteiger partial charge in [-0.05, 0) is 25.0 Å². The van der Waals surface area contributed by atoms with Crippen LogP contribution in [0.5, 0.6) is 0 Å². The van der Waals surface area contributed by atoms with Crippen molar-refractivity contribution in [1.82, 2.24) is 4.57 Å². The van der Waals surface area contributed by atoms with E-state index in [1.807, 2.05) is 22.9 Å². The average molecular weight is 165 g/mol. The van der Waals surface area contributed by atoms with Crippen LogP contribution in [-0.2, 0) is 0 Å². The lowest BCUT2D eigenvalue weighted by molar-refractivity contribution is 0.111. The van der Waals surface area contributed by atoms with Gasteiger partial charge in [0.15, 0.2) is 6.29 Å². The number of rotatable bonds is 4. The molecule has 1 aromatic heterocycles. The van der Waals surface area contributed by atoms with Crippen molar-refractivity contribution in [3.05, 3.63) is 24.0 Å². The number of aromatic nitrogens is 1. The van der Waals surface area contributed by atoms with Crippen LogP contribution in [0.15, 0.2) is 18.3 Å². The summed E-state index contributed by atoms with van der Waals surface area (Å²) in [7, 11) is 0. The average Bonchev–Trinajstić information content (AvgIpc) is 2.55. The van der Waals surface area contributed by atoms with Gasteiger partial charge in [-0.3, -0.25) is 4.79 Å². The van der Waals surface area contributed by atoms with Gasteiger partial charge >= 0.3 is 0 Å². The summed E-state index contributed by atoms with van der Waals surface area (Å²) in [5.74, 6) is 0. The molecule has 0 atom stereocenters. The van der Waals surface area contributed by atoms with Gasteiger partial charge in [-0.1, -0.05) is 13.8 Å². The van der Waals surface area contributed by atoms with Crippen molar-refractivity contribution in [3.63, 3.8) is 0 Å². The van der Waals surface area contributed by atoms with E-state index in [0.717, 1.165) is 24.8 Å². The monoisotopic (exact) mass is 165 g/mol. The van der Waals surface area contributed by atoms with Crippen molar-refractivity contribution in [1.29, 1.82) is 0 Å². The molecule has 0 aliphatic rings. The highest BCUT2D eigenvalue weighted by Gasteiger charge is 2.07. The van der Waals surface area contributed by atoms with Gasteiger partial charge in [-0.25, -0.2) is 0 Å². The number of aldehydes is 1. The maximum Gasteiger partial charge on any atom is 0.166 e. The Balaban J connectivity index is 2.90. The SMILES string of the molecule is CCC(CC)n1cccc1C=O. The van der Waals surface area contributed by atoms with E-state index in [9.17, 15) is 4.79 Å². The number of carbonyl (C=O) groups excluding carboxylic acids is 1. The number of hydrogen-bond acceptors (Lipinski definition) is 1. The fourth-order valence-electron chi connectivity index (χ4n) is 1.52. The Hall–Kier alpha value is -1.05. The zero-order valence-electron chi connectivity index (χ0n) is 7.66. The second-order valence-electron chi connectivity index (χ2n) is 2.93. The van der Waals surface area contributed by atoms with Crippen LogP contribution in [0.1, 0.15) is 43.2 Å². The molecule has 0 aromatic carbocycles. The van der Waals surface area contributed by atoms with Crippen LogP contribution in [0, 0.1) is 0 Å². The topological polar surface area (TPSA) is 22.0 Å². The first-order valence-electron chi connectivity index (χ1n) is 4.45. The van der Waals surface area contributed by atoms with E-state index < -0.39 is 0 Å². The Labute approximate surface area is 73.2 Å². The lowest BCUT2D eigenvalue weighted by atomic mass is 10.1. The molecule has 0 amide bonds. The van der Waals surface area contributed by atoms with Gasteiger partial charge in [-0.15, -0.1) is 0 Å². The lowest BCUT2D eigenvalue weighted by Gasteiger charge is -2.15. The third-order valence-corrected chi connectivity index (χ3v) is 2.27. The van der Waals surface area contributed by atoms with Gasteiger partial charge in [0.2, 0.25) is 0 Å². The molecule has 1 heterocycles.